The maximum absolute atomic E-state index is 5.72. The van der Waals surface area contributed by atoms with Crippen LogP contribution in [-0.4, -0.2) is 0 Å². The van der Waals surface area contributed by atoms with Crippen LogP contribution in [0, 0.1) is 0 Å². The molecule has 0 aliphatic heterocycles. The van der Waals surface area contributed by atoms with Crippen molar-refractivity contribution in [2.45, 2.75) is 19.8 Å². The van der Waals surface area contributed by atoms with Gasteiger partial charge in [0, 0.05) is 17.8 Å². The zero-order valence-electron chi connectivity index (χ0n) is 6.80. The van der Waals surface area contributed by atoms with E-state index >= 15 is 0 Å². The molecule has 1 rings (SSSR count). The van der Waals surface area contributed by atoms with Gasteiger partial charge in [-0.25, -0.2) is 0 Å². The van der Waals surface area contributed by atoms with Gasteiger partial charge in [0.15, 0.2) is 0 Å². The second-order valence-electron chi connectivity index (χ2n) is 2.83. The van der Waals surface area contributed by atoms with E-state index in [1.165, 1.54) is 5.57 Å². The zero-order valence-corrected chi connectivity index (χ0v) is 6.80. The Morgan fingerprint density at radius 3 is 2.73 bits per heavy atom. The molecule has 0 amide bonds. The molecule has 0 atom stereocenters. The highest BCUT2D eigenvalue weighted by molar-refractivity contribution is 5.26. The fourth-order valence-corrected chi connectivity index (χ4v) is 0.950. The quantitative estimate of drug-likeness (QED) is 0.548. The van der Waals surface area contributed by atoms with Crippen LogP contribution >= 0.6 is 0 Å². The van der Waals surface area contributed by atoms with Crippen molar-refractivity contribution < 1.29 is 0 Å². The van der Waals surface area contributed by atoms with Gasteiger partial charge in [0.1, 0.15) is 0 Å². The first-order valence-corrected chi connectivity index (χ1v) is 3.76. The van der Waals surface area contributed by atoms with Crippen molar-refractivity contribution in [1.82, 2.24) is 0 Å². The second-order valence-corrected chi connectivity index (χ2v) is 2.83. The molecule has 0 bridgehead atoms. The van der Waals surface area contributed by atoms with Crippen LogP contribution in [-0.2, 0) is 0 Å². The lowest BCUT2D eigenvalue weighted by Gasteiger charge is -2.05. The summed E-state index contributed by atoms with van der Waals surface area (Å²) in [4.78, 5) is 0. The lowest BCUT2D eigenvalue weighted by Crippen LogP contribution is -2.02. The van der Waals surface area contributed by atoms with Gasteiger partial charge in [-0.3, -0.25) is 0 Å². The third-order valence-corrected chi connectivity index (χ3v) is 1.81. The molecule has 0 aromatic carbocycles. The topological polar surface area (TPSA) is 52.0 Å². The lowest BCUT2D eigenvalue weighted by molar-refractivity contribution is 1.06. The van der Waals surface area contributed by atoms with Gasteiger partial charge in [0.25, 0.3) is 0 Å². The van der Waals surface area contributed by atoms with Gasteiger partial charge in [-0.05, 0) is 25.0 Å². The monoisotopic (exact) mass is 150 g/mol. The molecule has 4 N–H and O–H groups in total. The van der Waals surface area contributed by atoms with E-state index in [1.54, 1.807) is 0 Å². The summed E-state index contributed by atoms with van der Waals surface area (Å²) in [7, 11) is 0. The molecule has 11 heavy (non-hydrogen) atoms. The van der Waals surface area contributed by atoms with Crippen LogP contribution in [0.1, 0.15) is 19.8 Å². The van der Waals surface area contributed by atoms with Crippen molar-refractivity contribution in [2.24, 2.45) is 11.5 Å². The SMILES string of the molecule is C/C1=C(N)\C=C/C/C(N)=C\C1. The zero-order chi connectivity index (χ0) is 8.27. The van der Waals surface area contributed by atoms with E-state index in [0.717, 1.165) is 24.2 Å². The minimum Gasteiger partial charge on any atom is -0.402 e. The first-order valence-electron chi connectivity index (χ1n) is 3.76. The van der Waals surface area contributed by atoms with Gasteiger partial charge in [-0.15, -0.1) is 0 Å². The molecule has 0 spiro atoms. The lowest BCUT2D eigenvalue weighted by atomic mass is 10.1. The first kappa shape index (κ1) is 7.92. The predicted octanol–water partition coefficient (Wildman–Crippen LogP) is 1.41. The molecular formula is C9H14N2. The predicted molar refractivity (Wildman–Crippen MR) is 47.5 cm³/mol. The van der Waals surface area contributed by atoms with Crippen LogP contribution in [0.15, 0.2) is 35.2 Å². The minimum absolute atomic E-state index is 0.813. The smallest absolute Gasteiger partial charge is 0.0303 e. The fraction of sp³-hybridized carbons (Fsp3) is 0.333. The highest BCUT2D eigenvalue weighted by Crippen LogP contribution is 2.11. The number of hydrogen-bond acceptors (Lipinski definition) is 2. The van der Waals surface area contributed by atoms with E-state index in [4.69, 9.17) is 11.5 Å². The minimum atomic E-state index is 0.813. The largest absolute Gasteiger partial charge is 0.402 e. The molecular weight excluding hydrogens is 136 g/mol. The van der Waals surface area contributed by atoms with Crippen LogP contribution in [0.2, 0.25) is 0 Å². The Labute approximate surface area is 67.3 Å². The molecule has 0 saturated carbocycles. The Kier molecular flexibility index (Phi) is 2.36. The van der Waals surface area contributed by atoms with E-state index in [0.29, 0.717) is 0 Å². The van der Waals surface area contributed by atoms with Crippen molar-refractivity contribution in [1.29, 1.82) is 0 Å². The number of rotatable bonds is 0. The maximum atomic E-state index is 5.72. The summed E-state index contributed by atoms with van der Waals surface area (Å²) >= 11 is 0. The van der Waals surface area contributed by atoms with Crippen molar-refractivity contribution >= 4 is 0 Å². The summed E-state index contributed by atoms with van der Waals surface area (Å²) in [6, 6.07) is 0. The molecule has 1 aliphatic rings. The average Bonchev–Trinajstić information content (AvgIpc) is 1.98. The highest BCUT2D eigenvalue weighted by Gasteiger charge is 1.96. The standard InChI is InChI=1S/C9H14N2/c1-7-5-6-8(10)3-2-4-9(7)11/h2,4,6H,3,5,10-11H2,1H3/b4-2-,8-6+,9-7-. The average molecular weight is 150 g/mol. The van der Waals surface area contributed by atoms with Crippen LogP contribution in [0.3, 0.4) is 0 Å². The van der Waals surface area contributed by atoms with Gasteiger partial charge in [0.2, 0.25) is 0 Å². The van der Waals surface area contributed by atoms with Crippen LogP contribution in [0.4, 0.5) is 0 Å². The summed E-state index contributed by atoms with van der Waals surface area (Å²) < 4.78 is 0. The van der Waals surface area contributed by atoms with Crippen molar-refractivity contribution in [3.63, 3.8) is 0 Å². The molecule has 1 aliphatic carbocycles. The molecule has 0 aromatic heterocycles. The van der Waals surface area contributed by atoms with E-state index in [2.05, 4.69) is 0 Å². The van der Waals surface area contributed by atoms with Crippen molar-refractivity contribution in [2.75, 3.05) is 0 Å². The number of allylic oxidation sites excluding steroid dienone is 4. The molecule has 0 aromatic rings. The van der Waals surface area contributed by atoms with E-state index < -0.39 is 0 Å². The van der Waals surface area contributed by atoms with Gasteiger partial charge >= 0.3 is 0 Å². The third-order valence-electron chi connectivity index (χ3n) is 1.81. The van der Waals surface area contributed by atoms with E-state index in [9.17, 15) is 0 Å². The van der Waals surface area contributed by atoms with Gasteiger partial charge in [-0.1, -0.05) is 12.2 Å². The first-order chi connectivity index (χ1) is 5.20. The number of nitrogens with two attached hydrogens (primary N) is 2. The second kappa shape index (κ2) is 3.28. The summed E-state index contributed by atoms with van der Waals surface area (Å²) in [6.45, 7) is 2.02. The van der Waals surface area contributed by atoms with E-state index in [-0.39, 0.29) is 0 Å². The molecule has 60 valence electrons. The Balaban J connectivity index is 2.85. The molecule has 0 unspecified atom stereocenters. The summed E-state index contributed by atoms with van der Waals surface area (Å²) in [6.07, 6.45) is 7.63. The van der Waals surface area contributed by atoms with E-state index in [1.807, 2.05) is 25.2 Å². The molecule has 2 nitrogen and oxygen atoms in total. The van der Waals surface area contributed by atoms with Crippen LogP contribution in [0.5, 0.6) is 0 Å². The third kappa shape index (κ3) is 2.15. The van der Waals surface area contributed by atoms with Crippen LogP contribution in [0.25, 0.3) is 0 Å². The normalized spacial score (nSPS) is 33.4. The van der Waals surface area contributed by atoms with Gasteiger partial charge in [-0.2, -0.15) is 0 Å². The highest BCUT2D eigenvalue weighted by atomic mass is 14.6. The molecule has 0 radical (unpaired) electrons. The van der Waals surface area contributed by atoms with Gasteiger partial charge < -0.3 is 11.5 Å². The Bertz CT molecular complexity index is 234. The molecule has 2 heteroatoms. The van der Waals surface area contributed by atoms with Crippen molar-refractivity contribution in [3.8, 4) is 0 Å². The summed E-state index contributed by atoms with van der Waals surface area (Å²) in [5, 5.41) is 0. The van der Waals surface area contributed by atoms with Gasteiger partial charge in [0.05, 0.1) is 0 Å². The summed E-state index contributed by atoms with van der Waals surface area (Å²) in [5.41, 5.74) is 14.4. The Morgan fingerprint density at radius 1 is 1.27 bits per heavy atom. The molecule has 0 fully saturated rings. The molecule has 0 saturated heterocycles. The molecule has 0 heterocycles. The Morgan fingerprint density at radius 2 is 2.00 bits per heavy atom. The van der Waals surface area contributed by atoms with Crippen LogP contribution < -0.4 is 11.5 Å². The van der Waals surface area contributed by atoms with Crippen molar-refractivity contribution in [3.05, 3.63) is 35.2 Å². The maximum Gasteiger partial charge on any atom is 0.0303 e. The number of hydrogen-bond donors (Lipinski definition) is 2. The summed E-state index contributed by atoms with van der Waals surface area (Å²) in [5.74, 6) is 0. The Hall–Kier alpha value is -1.18. The fourth-order valence-electron chi connectivity index (χ4n) is 0.950.